The van der Waals surface area contributed by atoms with Crippen LogP contribution in [0.5, 0.6) is 5.75 Å². The zero-order valence-corrected chi connectivity index (χ0v) is 14.6. The number of hydrogen-bond donors (Lipinski definition) is 2. The van der Waals surface area contributed by atoms with E-state index in [2.05, 4.69) is 10.9 Å². The van der Waals surface area contributed by atoms with Crippen LogP contribution in [0.3, 0.4) is 0 Å². The molecule has 2 aromatic rings. The lowest BCUT2D eigenvalue weighted by Gasteiger charge is -2.16. The van der Waals surface area contributed by atoms with Crippen molar-refractivity contribution in [3.8, 4) is 5.75 Å². The Kier molecular flexibility index (Phi) is 6.36. The summed E-state index contributed by atoms with van der Waals surface area (Å²) in [5.74, 6) is -0.939. The quantitative estimate of drug-likeness (QED) is 0.801. The van der Waals surface area contributed by atoms with Crippen molar-refractivity contribution in [1.29, 1.82) is 0 Å². The molecule has 0 radical (unpaired) electrons. The topological polar surface area (TPSA) is 67.4 Å². The molecule has 0 heterocycles. The van der Waals surface area contributed by atoms with Gasteiger partial charge in [0.1, 0.15) is 11.6 Å². The average Bonchev–Trinajstić information content (AvgIpc) is 2.58. The number of benzene rings is 2. The second kappa shape index (κ2) is 8.48. The van der Waals surface area contributed by atoms with Crippen molar-refractivity contribution in [1.82, 2.24) is 10.9 Å². The molecule has 2 N–H and O–H groups in total. The number of ether oxygens (including phenoxy) is 1. The summed E-state index contributed by atoms with van der Waals surface area (Å²) in [6.07, 6.45) is -0.843. The van der Waals surface area contributed by atoms with E-state index in [1.54, 1.807) is 19.1 Å². The Balaban J connectivity index is 1.83. The summed E-state index contributed by atoms with van der Waals surface area (Å²) in [7, 11) is 0. The molecule has 0 aromatic heterocycles. The van der Waals surface area contributed by atoms with Crippen molar-refractivity contribution in [2.75, 3.05) is 0 Å². The first kappa shape index (κ1) is 18.7. The van der Waals surface area contributed by atoms with Crippen LogP contribution in [0, 0.1) is 12.7 Å². The van der Waals surface area contributed by atoms with Gasteiger partial charge >= 0.3 is 0 Å². The predicted molar refractivity (Wildman–Crippen MR) is 92.7 cm³/mol. The molecule has 7 heteroatoms. The molecule has 0 saturated carbocycles. The summed E-state index contributed by atoms with van der Waals surface area (Å²) in [5.41, 5.74) is 6.15. The van der Waals surface area contributed by atoms with Crippen LogP contribution < -0.4 is 15.6 Å². The number of carbonyl (C=O) groups excluding carboxylic acids is 2. The van der Waals surface area contributed by atoms with Crippen molar-refractivity contribution in [3.63, 3.8) is 0 Å². The minimum atomic E-state index is -0.856. The summed E-state index contributed by atoms with van der Waals surface area (Å²) >= 11 is 6.02. The molecule has 0 fully saturated rings. The van der Waals surface area contributed by atoms with Crippen LogP contribution in [0.2, 0.25) is 5.02 Å². The number of aryl methyl sites for hydroxylation is 1. The fourth-order valence-corrected chi connectivity index (χ4v) is 2.17. The van der Waals surface area contributed by atoms with Gasteiger partial charge in [-0.3, -0.25) is 20.4 Å². The third-order valence-corrected chi connectivity index (χ3v) is 3.67. The SMILES string of the molecule is Cc1ccc(Cl)c(OC(C)C(=O)NNC(=O)Cc2ccc(F)cc2)c1. The molecule has 1 unspecified atom stereocenters. The molecule has 132 valence electrons. The molecule has 2 rings (SSSR count). The van der Waals surface area contributed by atoms with Crippen molar-refractivity contribution in [2.45, 2.75) is 26.4 Å². The lowest BCUT2D eigenvalue weighted by molar-refractivity contribution is -0.132. The maximum Gasteiger partial charge on any atom is 0.279 e. The first-order valence-corrected chi connectivity index (χ1v) is 7.99. The Morgan fingerprint density at radius 2 is 1.84 bits per heavy atom. The molecular formula is C18H18ClFN2O3. The van der Waals surface area contributed by atoms with Gasteiger partial charge in [0.2, 0.25) is 5.91 Å². The lowest BCUT2D eigenvalue weighted by atomic mass is 10.1. The van der Waals surface area contributed by atoms with Crippen LogP contribution in [-0.2, 0) is 16.0 Å². The van der Waals surface area contributed by atoms with Gasteiger partial charge in [-0.15, -0.1) is 0 Å². The minimum absolute atomic E-state index is 0.0134. The Hall–Kier alpha value is -2.60. The van der Waals surface area contributed by atoms with Gasteiger partial charge in [-0.25, -0.2) is 4.39 Å². The van der Waals surface area contributed by atoms with Gasteiger partial charge in [0, 0.05) is 0 Å². The van der Waals surface area contributed by atoms with Crippen LogP contribution in [0.25, 0.3) is 0 Å². The van der Waals surface area contributed by atoms with Gasteiger partial charge in [-0.1, -0.05) is 29.8 Å². The number of carbonyl (C=O) groups is 2. The average molecular weight is 365 g/mol. The van der Waals surface area contributed by atoms with Crippen LogP contribution in [0.4, 0.5) is 4.39 Å². The second-order valence-corrected chi connectivity index (χ2v) is 5.94. The van der Waals surface area contributed by atoms with E-state index in [9.17, 15) is 14.0 Å². The lowest BCUT2D eigenvalue weighted by Crippen LogP contribution is -2.47. The molecule has 0 spiro atoms. The van der Waals surface area contributed by atoms with Gasteiger partial charge in [-0.05, 0) is 49.2 Å². The van der Waals surface area contributed by atoms with E-state index in [1.807, 2.05) is 13.0 Å². The molecule has 1 atom stereocenters. The predicted octanol–water partition coefficient (Wildman–Crippen LogP) is 2.94. The molecule has 0 saturated heterocycles. The number of hydrogen-bond acceptors (Lipinski definition) is 3. The second-order valence-electron chi connectivity index (χ2n) is 5.53. The molecule has 0 bridgehead atoms. The third-order valence-electron chi connectivity index (χ3n) is 3.36. The number of nitrogens with one attached hydrogen (secondary N) is 2. The van der Waals surface area contributed by atoms with Crippen molar-refractivity contribution >= 4 is 23.4 Å². The van der Waals surface area contributed by atoms with Crippen molar-refractivity contribution < 1.29 is 18.7 Å². The third kappa shape index (κ3) is 5.76. The van der Waals surface area contributed by atoms with E-state index in [4.69, 9.17) is 16.3 Å². The fraction of sp³-hybridized carbons (Fsp3) is 0.222. The molecule has 2 amide bonds. The summed E-state index contributed by atoms with van der Waals surface area (Å²) in [6, 6.07) is 10.8. The van der Waals surface area contributed by atoms with Crippen LogP contribution in [0.1, 0.15) is 18.1 Å². The normalized spacial score (nSPS) is 11.5. The van der Waals surface area contributed by atoms with Gasteiger partial charge in [0.15, 0.2) is 6.10 Å². The highest BCUT2D eigenvalue weighted by molar-refractivity contribution is 6.32. The summed E-state index contributed by atoms with van der Waals surface area (Å²) in [4.78, 5) is 23.8. The standard InChI is InChI=1S/C18H18ClFN2O3/c1-11-3-8-15(19)16(9-11)25-12(2)18(24)22-21-17(23)10-13-4-6-14(20)7-5-13/h3-9,12H,10H2,1-2H3,(H,21,23)(H,22,24). The van der Waals surface area contributed by atoms with E-state index in [-0.39, 0.29) is 12.2 Å². The molecule has 25 heavy (non-hydrogen) atoms. The Morgan fingerprint density at radius 1 is 1.16 bits per heavy atom. The Bertz CT molecular complexity index is 765. The highest BCUT2D eigenvalue weighted by atomic mass is 35.5. The Labute approximate surface area is 150 Å². The van der Waals surface area contributed by atoms with E-state index in [0.29, 0.717) is 16.3 Å². The van der Waals surface area contributed by atoms with Crippen molar-refractivity contribution in [2.24, 2.45) is 0 Å². The number of hydrazine groups is 1. The first-order chi connectivity index (χ1) is 11.8. The number of amides is 2. The Morgan fingerprint density at radius 3 is 2.52 bits per heavy atom. The van der Waals surface area contributed by atoms with E-state index >= 15 is 0 Å². The van der Waals surface area contributed by atoms with Crippen LogP contribution >= 0.6 is 11.6 Å². The van der Waals surface area contributed by atoms with Gasteiger partial charge in [0.05, 0.1) is 11.4 Å². The van der Waals surface area contributed by atoms with Gasteiger partial charge in [-0.2, -0.15) is 0 Å². The highest BCUT2D eigenvalue weighted by Crippen LogP contribution is 2.26. The number of halogens is 2. The van der Waals surface area contributed by atoms with E-state index < -0.39 is 17.9 Å². The maximum absolute atomic E-state index is 12.8. The van der Waals surface area contributed by atoms with Crippen LogP contribution in [0.15, 0.2) is 42.5 Å². The van der Waals surface area contributed by atoms with Crippen LogP contribution in [-0.4, -0.2) is 17.9 Å². The largest absolute Gasteiger partial charge is 0.479 e. The van der Waals surface area contributed by atoms with Crippen molar-refractivity contribution in [3.05, 3.63) is 64.4 Å². The smallest absolute Gasteiger partial charge is 0.279 e. The van der Waals surface area contributed by atoms with E-state index in [1.165, 1.54) is 24.3 Å². The minimum Gasteiger partial charge on any atom is -0.479 e. The molecule has 0 aliphatic carbocycles. The summed E-state index contributed by atoms with van der Waals surface area (Å²) in [5, 5.41) is 0.394. The molecular weight excluding hydrogens is 347 g/mol. The fourth-order valence-electron chi connectivity index (χ4n) is 2.01. The maximum atomic E-state index is 12.8. The van der Waals surface area contributed by atoms with E-state index in [0.717, 1.165) is 5.56 Å². The monoisotopic (exact) mass is 364 g/mol. The summed E-state index contributed by atoms with van der Waals surface area (Å²) in [6.45, 7) is 3.42. The molecule has 0 aliphatic heterocycles. The molecule has 0 aliphatic rings. The van der Waals surface area contributed by atoms with Gasteiger partial charge in [0.25, 0.3) is 5.91 Å². The molecule has 2 aromatic carbocycles. The number of rotatable bonds is 5. The zero-order chi connectivity index (χ0) is 18.4. The van der Waals surface area contributed by atoms with Gasteiger partial charge < -0.3 is 4.74 Å². The first-order valence-electron chi connectivity index (χ1n) is 7.61. The summed E-state index contributed by atoms with van der Waals surface area (Å²) < 4.78 is 18.3. The highest BCUT2D eigenvalue weighted by Gasteiger charge is 2.17. The zero-order valence-electron chi connectivity index (χ0n) is 13.8. The molecule has 5 nitrogen and oxygen atoms in total.